The normalized spacial score (nSPS) is 19.6. The fourth-order valence-electron chi connectivity index (χ4n) is 4.67. The summed E-state index contributed by atoms with van der Waals surface area (Å²) in [6, 6.07) is 7.90. The number of anilines is 2. The lowest BCUT2D eigenvalue weighted by atomic mass is 9.99. The molecule has 7 nitrogen and oxygen atoms in total. The van der Waals surface area contributed by atoms with E-state index in [9.17, 15) is 44.7 Å². The number of likely N-dealkylation sites (tertiary alicyclic amines) is 1. The van der Waals surface area contributed by atoms with E-state index in [1.807, 2.05) is 4.90 Å². The first-order valence-corrected chi connectivity index (χ1v) is 12.5. The van der Waals surface area contributed by atoms with Gasteiger partial charge in [0.15, 0.2) is 0 Å². The molecule has 2 aromatic carbocycles. The first kappa shape index (κ1) is 30.3. The second-order valence-corrected chi connectivity index (χ2v) is 9.60. The van der Waals surface area contributed by atoms with E-state index in [-0.39, 0.29) is 38.2 Å². The number of amides is 1. The Hall–Kier alpha value is -3.62. The number of carbonyl (C=O) groups is 2. The van der Waals surface area contributed by atoms with Crippen LogP contribution in [-0.4, -0.2) is 61.3 Å². The lowest BCUT2D eigenvalue weighted by Gasteiger charge is -2.42. The van der Waals surface area contributed by atoms with Crippen molar-refractivity contribution >= 4 is 23.3 Å². The summed E-state index contributed by atoms with van der Waals surface area (Å²) in [5.41, 5.74) is -3.05. The third-order valence-electron chi connectivity index (χ3n) is 6.73. The number of hydrogen-bond donors (Lipinski definition) is 0. The van der Waals surface area contributed by atoms with Gasteiger partial charge in [0, 0.05) is 38.2 Å². The van der Waals surface area contributed by atoms with Gasteiger partial charge in [-0.25, -0.2) is 13.6 Å². The van der Waals surface area contributed by atoms with Gasteiger partial charge in [0.1, 0.15) is 11.9 Å². The number of hydroxylamine groups is 1. The molecule has 41 heavy (non-hydrogen) atoms. The smallest absolute Gasteiger partial charge is 0.493 e. The lowest BCUT2D eigenvalue weighted by molar-refractivity contribution is -0.202. The number of halogens is 8. The molecule has 0 aromatic heterocycles. The van der Waals surface area contributed by atoms with Crippen molar-refractivity contribution in [1.82, 2.24) is 4.90 Å². The molecule has 2 heterocycles. The van der Waals surface area contributed by atoms with E-state index in [4.69, 9.17) is 4.74 Å². The quantitative estimate of drug-likeness (QED) is 0.288. The molecular formula is C26H25F8N3O4. The minimum absolute atomic E-state index is 0.000204. The van der Waals surface area contributed by atoms with Gasteiger partial charge < -0.3 is 14.5 Å². The monoisotopic (exact) mass is 595 g/mol. The maximum absolute atomic E-state index is 13.8. The molecule has 2 aliphatic rings. The van der Waals surface area contributed by atoms with Gasteiger partial charge in [0.05, 0.1) is 23.4 Å². The van der Waals surface area contributed by atoms with E-state index < -0.39 is 53.1 Å². The molecule has 0 N–H and O–H groups in total. The Bertz CT molecular complexity index is 1260. The number of hydrogen-bond acceptors (Lipinski definition) is 6. The number of carbonyl (C=O) groups excluding carboxylic acids is 2. The number of rotatable bonds is 7. The SMILES string of the molecule is CC1N(OC(=O)C(F)(F)F)c2cccc(C(F)(F)F)c2C(=O)N1c1ccc(OCCCN2CCC(F)(F)CC2)cc1. The third kappa shape index (κ3) is 6.82. The van der Waals surface area contributed by atoms with E-state index in [0.717, 1.165) is 17.0 Å². The molecule has 0 aliphatic carbocycles. The number of nitrogens with zero attached hydrogens (tertiary/aromatic N) is 3. The highest BCUT2D eigenvalue weighted by atomic mass is 19.4. The van der Waals surface area contributed by atoms with E-state index in [2.05, 4.69) is 4.84 Å². The third-order valence-corrected chi connectivity index (χ3v) is 6.73. The first-order valence-electron chi connectivity index (χ1n) is 12.5. The summed E-state index contributed by atoms with van der Waals surface area (Å²) in [4.78, 5) is 32.1. The van der Waals surface area contributed by atoms with Crippen LogP contribution in [-0.2, 0) is 15.8 Å². The van der Waals surface area contributed by atoms with Gasteiger partial charge in [-0.2, -0.15) is 31.4 Å². The Morgan fingerprint density at radius 1 is 1.00 bits per heavy atom. The molecule has 1 fully saturated rings. The molecule has 2 aliphatic heterocycles. The maximum atomic E-state index is 13.8. The second kappa shape index (κ2) is 11.3. The van der Waals surface area contributed by atoms with Crippen molar-refractivity contribution in [1.29, 1.82) is 0 Å². The fraction of sp³-hybridized carbons (Fsp3) is 0.462. The largest absolute Gasteiger partial charge is 0.494 e. The lowest BCUT2D eigenvalue weighted by Crippen LogP contribution is -2.56. The molecule has 0 saturated carbocycles. The number of piperidine rings is 1. The van der Waals surface area contributed by atoms with E-state index in [1.54, 1.807) is 0 Å². The van der Waals surface area contributed by atoms with Crippen molar-refractivity contribution < 1.29 is 54.3 Å². The number of benzene rings is 2. The Morgan fingerprint density at radius 2 is 1.63 bits per heavy atom. The van der Waals surface area contributed by atoms with E-state index >= 15 is 0 Å². The van der Waals surface area contributed by atoms with Crippen molar-refractivity contribution in [2.75, 3.05) is 36.2 Å². The summed E-state index contributed by atoms with van der Waals surface area (Å²) < 4.78 is 112. The van der Waals surface area contributed by atoms with Crippen molar-refractivity contribution in [2.45, 2.75) is 50.6 Å². The van der Waals surface area contributed by atoms with Crippen molar-refractivity contribution in [2.24, 2.45) is 0 Å². The zero-order valence-electron chi connectivity index (χ0n) is 21.6. The Balaban J connectivity index is 1.51. The summed E-state index contributed by atoms with van der Waals surface area (Å²) in [5.74, 6) is -6.16. The molecule has 1 atom stereocenters. The molecule has 1 saturated heterocycles. The summed E-state index contributed by atoms with van der Waals surface area (Å²) in [7, 11) is 0. The second-order valence-electron chi connectivity index (χ2n) is 9.60. The minimum Gasteiger partial charge on any atom is -0.494 e. The Labute approximate surface area is 229 Å². The van der Waals surface area contributed by atoms with Gasteiger partial charge in [-0.15, -0.1) is 0 Å². The maximum Gasteiger partial charge on any atom is 0.493 e. The molecule has 0 spiro atoms. The highest BCUT2D eigenvalue weighted by Gasteiger charge is 2.48. The van der Waals surface area contributed by atoms with Gasteiger partial charge in [-0.1, -0.05) is 6.07 Å². The molecule has 0 radical (unpaired) electrons. The van der Waals surface area contributed by atoms with E-state index in [1.165, 1.54) is 31.2 Å². The van der Waals surface area contributed by atoms with E-state index in [0.29, 0.717) is 29.8 Å². The van der Waals surface area contributed by atoms with Crippen LogP contribution >= 0.6 is 0 Å². The van der Waals surface area contributed by atoms with Gasteiger partial charge in [0.25, 0.3) is 11.8 Å². The fourth-order valence-corrected chi connectivity index (χ4v) is 4.67. The zero-order valence-corrected chi connectivity index (χ0v) is 21.6. The minimum atomic E-state index is -5.45. The average molecular weight is 595 g/mol. The molecule has 15 heteroatoms. The highest BCUT2D eigenvalue weighted by molar-refractivity contribution is 6.13. The zero-order chi connectivity index (χ0) is 30.2. The number of alkyl halides is 8. The predicted octanol–water partition coefficient (Wildman–Crippen LogP) is 6.04. The van der Waals surface area contributed by atoms with Gasteiger partial charge >= 0.3 is 18.3 Å². The van der Waals surface area contributed by atoms with Crippen molar-refractivity contribution in [3.63, 3.8) is 0 Å². The number of fused-ring (bicyclic) bond motifs is 1. The molecule has 2 aromatic rings. The van der Waals surface area contributed by atoms with Crippen LogP contribution in [0, 0.1) is 0 Å². The Kier molecular flexibility index (Phi) is 8.39. The van der Waals surface area contributed by atoms with Crippen LogP contribution in [0.5, 0.6) is 5.75 Å². The van der Waals surface area contributed by atoms with Crippen LogP contribution in [0.3, 0.4) is 0 Å². The molecule has 0 bridgehead atoms. The molecular weight excluding hydrogens is 570 g/mol. The van der Waals surface area contributed by atoms with Crippen LogP contribution < -0.4 is 14.7 Å². The van der Waals surface area contributed by atoms with Gasteiger partial charge in [0.2, 0.25) is 0 Å². The molecule has 1 unspecified atom stereocenters. The van der Waals surface area contributed by atoms with Gasteiger partial charge in [-0.3, -0.25) is 9.69 Å². The van der Waals surface area contributed by atoms with Crippen molar-refractivity contribution in [3.05, 3.63) is 53.6 Å². The topological polar surface area (TPSA) is 62.3 Å². The van der Waals surface area contributed by atoms with Crippen LogP contribution in [0.4, 0.5) is 46.5 Å². The molecule has 4 rings (SSSR count). The van der Waals surface area contributed by atoms with Gasteiger partial charge in [-0.05, 0) is 49.7 Å². The average Bonchev–Trinajstić information content (AvgIpc) is 2.89. The predicted molar refractivity (Wildman–Crippen MR) is 130 cm³/mol. The summed E-state index contributed by atoms with van der Waals surface area (Å²) in [6.07, 6.45) is -11.8. The first-order chi connectivity index (χ1) is 19.1. The highest BCUT2D eigenvalue weighted by Crippen LogP contribution is 2.42. The molecule has 1 amide bonds. The molecule has 224 valence electrons. The van der Waals surface area contributed by atoms with Crippen LogP contribution in [0.1, 0.15) is 42.1 Å². The Morgan fingerprint density at radius 3 is 2.22 bits per heavy atom. The van der Waals surface area contributed by atoms with Crippen LogP contribution in [0.15, 0.2) is 42.5 Å². The van der Waals surface area contributed by atoms with Crippen molar-refractivity contribution in [3.8, 4) is 5.75 Å². The number of ether oxygens (including phenoxy) is 1. The van der Waals surface area contributed by atoms with Crippen LogP contribution in [0.2, 0.25) is 0 Å². The standard InChI is InChI=1S/C26H25F8N3O4/c1-16-36(17-6-8-18(9-7-17)40-15-3-12-35-13-10-24(27,28)11-14-35)22(38)21-19(25(29,30)31)4-2-5-20(21)37(16)41-23(39)26(32,33)34/h2,4-9,16H,3,10-15H2,1H3. The summed E-state index contributed by atoms with van der Waals surface area (Å²) >= 11 is 0. The van der Waals surface area contributed by atoms with Crippen LogP contribution in [0.25, 0.3) is 0 Å². The summed E-state index contributed by atoms with van der Waals surface area (Å²) in [6.45, 7) is 2.51. The summed E-state index contributed by atoms with van der Waals surface area (Å²) in [5, 5.41) is 0.322.